The molecule has 0 saturated carbocycles. The Kier molecular flexibility index (Phi) is 2.38. The van der Waals surface area contributed by atoms with Crippen molar-refractivity contribution in [2.45, 2.75) is 6.04 Å². The monoisotopic (exact) mass is 190 g/mol. The molecule has 1 heterocycles. The number of hydrogen-bond donors (Lipinski definition) is 1. The topological polar surface area (TPSA) is 38.9 Å². The summed E-state index contributed by atoms with van der Waals surface area (Å²) in [6.45, 7) is 0. The van der Waals surface area contributed by atoms with Crippen LogP contribution in [0.5, 0.6) is 0 Å². The molecular formula is C10H10N2S. The van der Waals surface area contributed by atoms with Crippen LogP contribution >= 0.6 is 11.3 Å². The lowest BCUT2D eigenvalue weighted by atomic mass is 10.1. The summed E-state index contributed by atoms with van der Waals surface area (Å²) in [5.41, 5.74) is 7.12. The third kappa shape index (κ3) is 1.76. The van der Waals surface area contributed by atoms with Crippen LogP contribution in [0.3, 0.4) is 0 Å². The van der Waals surface area contributed by atoms with Gasteiger partial charge in [0.1, 0.15) is 5.01 Å². The van der Waals surface area contributed by atoms with Gasteiger partial charge in [0.05, 0.1) is 6.04 Å². The second-order valence-electron chi connectivity index (χ2n) is 2.76. The molecule has 0 aliphatic carbocycles. The third-order valence-electron chi connectivity index (χ3n) is 1.88. The summed E-state index contributed by atoms with van der Waals surface area (Å²) in [5, 5.41) is 2.91. The second kappa shape index (κ2) is 3.68. The van der Waals surface area contributed by atoms with Crippen LogP contribution in [0.2, 0.25) is 0 Å². The summed E-state index contributed by atoms with van der Waals surface area (Å²) in [5.74, 6) is 0. The molecule has 2 rings (SSSR count). The van der Waals surface area contributed by atoms with Gasteiger partial charge in [-0.1, -0.05) is 30.3 Å². The van der Waals surface area contributed by atoms with Gasteiger partial charge in [-0.25, -0.2) is 4.98 Å². The summed E-state index contributed by atoms with van der Waals surface area (Å²) >= 11 is 1.59. The largest absolute Gasteiger partial charge is 0.318 e. The number of hydrogen-bond acceptors (Lipinski definition) is 3. The zero-order valence-electron chi connectivity index (χ0n) is 7.05. The number of nitrogens with two attached hydrogens (primary N) is 1. The highest BCUT2D eigenvalue weighted by Crippen LogP contribution is 2.20. The predicted molar refractivity (Wildman–Crippen MR) is 54.6 cm³/mol. The molecule has 3 heteroatoms. The van der Waals surface area contributed by atoms with Gasteiger partial charge in [-0.05, 0) is 5.56 Å². The first kappa shape index (κ1) is 8.41. The predicted octanol–water partition coefficient (Wildman–Crippen LogP) is 2.19. The minimum absolute atomic E-state index is 0.0822. The Labute approximate surface area is 81.1 Å². The number of nitrogens with zero attached hydrogens (tertiary/aromatic N) is 1. The normalized spacial score (nSPS) is 12.7. The highest BCUT2D eigenvalue weighted by atomic mass is 32.1. The molecule has 0 spiro atoms. The molecule has 13 heavy (non-hydrogen) atoms. The summed E-state index contributed by atoms with van der Waals surface area (Å²) < 4.78 is 0. The minimum Gasteiger partial charge on any atom is -0.318 e. The van der Waals surface area contributed by atoms with Gasteiger partial charge >= 0.3 is 0 Å². The SMILES string of the molecule is N[C@H](c1ccccc1)c1nccs1. The Morgan fingerprint density at radius 1 is 1.23 bits per heavy atom. The number of rotatable bonds is 2. The van der Waals surface area contributed by atoms with Gasteiger partial charge in [0.15, 0.2) is 0 Å². The van der Waals surface area contributed by atoms with Crippen LogP contribution in [0.25, 0.3) is 0 Å². The molecule has 1 aromatic heterocycles. The number of benzene rings is 1. The van der Waals surface area contributed by atoms with Gasteiger partial charge in [-0.2, -0.15) is 0 Å². The molecule has 0 bridgehead atoms. The molecule has 66 valence electrons. The van der Waals surface area contributed by atoms with Gasteiger partial charge in [0.25, 0.3) is 0 Å². The number of thiazole rings is 1. The van der Waals surface area contributed by atoms with E-state index in [2.05, 4.69) is 4.98 Å². The van der Waals surface area contributed by atoms with Crippen LogP contribution in [0.1, 0.15) is 16.6 Å². The smallest absolute Gasteiger partial charge is 0.114 e. The molecular weight excluding hydrogens is 180 g/mol. The van der Waals surface area contributed by atoms with E-state index in [-0.39, 0.29) is 6.04 Å². The van der Waals surface area contributed by atoms with Gasteiger partial charge in [0, 0.05) is 11.6 Å². The lowest BCUT2D eigenvalue weighted by molar-refractivity contribution is 0.858. The fourth-order valence-electron chi connectivity index (χ4n) is 1.19. The fraction of sp³-hybridized carbons (Fsp3) is 0.100. The van der Waals surface area contributed by atoms with E-state index in [9.17, 15) is 0 Å². The Hall–Kier alpha value is -1.19. The van der Waals surface area contributed by atoms with E-state index in [1.54, 1.807) is 17.5 Å². The minimum atomic E-state index is -0.0822. The lowest BCUT2D eigenvalue weighted by Crippen LogP contribution is -2.10. The van der Waals surface area contributed by atoms with Crippen LogP contribution in [0.4, 0.5) is 0 Å². The Morgan fingerprint density at radius 3 is 2.62 bits per heavy atom. The van der Waals surface area contributed by atoms with Crippen molar-refractivity contribution < 1.29 is 0 Å². The van der Waals surface area contributed by atoms with E-state index < -0.39 is 0 Å². The maximum Gasteiger partial charge on any atom is 0.114 e. The van der Waals surface area contributed by atoms with Crippen molar-refractivity contribution in [3.8, 4) is 0 Å². The Morgan fingerprint density at radius 2 is 2.00 bits per heavy atom. The van der Waals surface area contributed by atoms with Gasteiger partial charge in [-0.3, -0.25) is 0 Å². The summed E-state index contributed by atoms with van der Waals surface area (Å²) in [6.07, 6.45) is 1.78. The van der Waals surface area contributed by atoms with E-state index in [1.165, 1.54) is 0 Å². The van der Waals surface area contributed by atoms with Crippen LogP contribution in [-0.4, -0.2) is 4.98 Å². The van der Waals surface area contributed by atoms with E-state index >= 15 is 0 Å². The first-order chi connectivity index (χ1) is 6.38. The molecule has 0 aliphatic rings. The maximum absolute atomic E-state index is 6.01. The second-order valence-corrected chi connectivity index (χ2v) is 3.68. The van der Waals surface area contributed by atoms with Crippen LogP contribution in [0, 0.1) is 0 Å². The van der Waals surface area contributed by atoms with E-state index in [1.807, 2.05) is 35.7 Å². The van der Waals surface area contributed by atoms with Gasteiger partial charge in [0.2, 0.25) is 0 Å². The van der Waals surface area contributed by atoms with Crippen molar-refractivity contribution in [1.29, 1.82) is 0 Å². The molecule has 0 aliphatic heterocycles. The highest BCUT2D eigenvalue weighted by Gasteiger charge is 2.09. The standard InChI is InChI=1S/C10H10N2S/c11-9(10-12-6-7-13-10)8-4-2-1-3-5-8/h1-7,9H,11H2/t9-/m1/s1. The van der Waals surface area contributed by atoms with Crippen molar-refractivity contribution in [3.63, 3.8) is 0 Å². The molecule has 1 aromatic carbocycles. The van der Waals surface area contributed by atoms with Crippen molar-refractivity contribution in [3.05, 3.63) is 52.5 Å². The molecule has 0 amide bonds. The van der Waals surface area contributed by atoms with E-state index in [0.717, 1.165) is 10.6 Å². The number of aromatic nitrogens is 1. The van der Waals surface area contributed by atoms with Crippen molar-refractivity contribution >= 4 is 11.3 Å². The molecule has 0 unspecified atom stereocenters. The van der Waals surface area contributed by atoms with Crippen molar-refractivity contribution in [1.82, 2.24) is 4.98 Å². The van der Waals surface area contributed by atoms with Gasteiger partial charge < -0.3 is 5.73 Å². The first-order valence-corrected chi connectivity index (χ1v) is 4.96. The van der Waals surface area contributed by atoms with Crippen LogP contribution in [-0.2, 0) is 0 Å². The quantitative estimate of drug-likeness (QED) is 0.788. The molecule has 0 radical (unpaired) electrons. The Bertz CT molecular complexity index is 356. The molecule has 1 atom stereocenters. The zero-order valence-corrected chi connectivity index (χ0v) is 7.87. The molecule has 2 aromatic rings. The fourth-order valence-corrected chi connectivity index (χ4v) is 1.86. The molecule has 2 N–H and O–H groups in total. The van der Waals surface area contributed by atoms with Crippen LogP contribution in [0.15, 0.2) is 41.9 Å². The first-order valence-electron chi connectivity index (χ1n) is 4.08. The average Bonchev–Trinajstić information content (AvgIpc) is 2.71. The summed E-state index contributed by atoms with van der Waals surface area (Å²) in [4.78, 5) is 4.19. The van der Waals surface area contributed by atoms with E-state index in [4.69, 9.17) is 5.73 Å². The molecule has 0 fully saturated rings. The molecule has 2 nitrogen and oxygen atoms in total. The summed E-state index contributed by atoms with van der Waals surface area (Å²) in [6, 6.07) is 9.92. The lowest BCUT2D eigenvalue weighted by Gasteiger charge is -2.07. The van der Waals surface area contributed by atoms with Crippen LogP contribution < -0.4 is 5.73 Å². The van der Waals surface area contributed by atoms with Crippen molar-refractivity contribution in [2.75, 3.05) is 0 Å². The van der Waals surface area contributed by atoms with E-state index in [0.29, 0.717) is 0 Å². The highest BCUT2D eigenvalue weighted by molar-refractivity contribution is 7.09. The van der Waals surface area contributed by atoms with Crippen molar-refractivity contribution in [2.24, 2.45) is 5.73 Å². The third-order valence-corrected chi connectivity index (χ3v) is 2.73. The van der Waals surface area contributed by atoms with Gasteiger partial charge in [-0.15, -0.1) is 11.3 Å². The molecule has 0 saturated heterocycles. The summed E-state index contributed by atoms with van der Waals surface area (Å²) in [7, 11) is 0. The zero-order chi connectivity index (χ0) is 9.10. The average molecular weight is 190 g/mol. The maximum atomic E-state index is 6.01. The Balaban J connectivity index is 2.29.